The Morgan fingerprint density at radius 3 is 2.90 bits per heavy atom. The van der Waals surface area contributed by atoms with Gasteiger partial charge in [0.15, 0.2) is 0 Å². The van der Waals surface area contributed by atoms with E-state index in [0.29, 0.717) is 0 Å². The smallest absolute Gasteiger partial charge is 0.132 e. The Kier molecular flexibility index (Phi) is 4.49. The summed E-state index contributed by atoms with van der Waals surface area (Å²) >= 11 is 0. The molecule has 2 aromatic rings. The van der Waals surface area contributed by atoms with Crippen LogP contribution in [0.15, 0.2) is 30.6 Å². The summed E-state index contributed by atoms with van der Waals surface area (Å²) in [7, 11) is 0. The molecule has 0 unspecified atom stereocenters. The van der Waals surface area contributed by atoms with Crippen molar-refractivity contribution < 1.29 is 0 Å². The first-order valence-electron chi connectivity index (χ1n) is 7.95. The lowest BCUT2D eigenvalue weighted by Gasteiger charge is -2.12. The number of fused-ring (bicyclic) bond motifs is 1. The van der Waals surface area contributed by atoms with Gasteiger partial charge in [0.05, 0.1) is 0 Å². The molecule has 1 aliphatic carbocycles. The van der Waals surface area contributed by atoms with E-state index < -0.39 is 0 Å². The molecule has 1 aromatic carbocycles. The van der Waals surface area contributed by atoms with Crippen LogP contribution in [0, 0.1) is 6.92 Å². The van der Waals surface area contributed by atoms with Crippen molar-refractivity contribution in [2.45, 2.75) is 45.4 Å². The van der Waals surface area contributed by atoms with Gasteiger partial charge in [0, 0.05) is 17.8 Å². The average molecular weight is 281 g/mol. The Labute approximate surface area is 126 Å². The molecule has 1 aromatic heterocycles. The molecular formula is C18H23N3. The van der Waals surface area contributed by atoms with E-state index in [2.05, 4.69) is 46.5 Å². The van der Waals surface area contributed by atoms with Crippen LogP contribution in [0.25, 0.3) is 0 Å². The van der Waals surface area contributed by atoms with E-state index in [-0.39, 0.29) is 0 Å². The fraction of sp³-hybridized carbons (Fsp3) is 0.444. The van der Waals surface area contributed by atoms with Crippen LogP contribution in [-0.2, 0) is 19.3 Å². The molecule has 0 radical (unpaired) electrons. The van der Waals surface area contributed by atoms with Gasteiger partial charge in [0.1, 0.15) is 12.1 Å². The van der Waals surface area contributed by atoms with Crippen molar-refractivity contribution >= 4 is 5.82 Å². The van der Waals surface area contributed by atoms with Gasteiger partial charge in [-0.15, -0.1) is 0 Å². The zero-order valence-corrected chi connectivity index (χ0v) is 12.7. The van der Waals surface area contributed by atoms with Crippen LogP contribution in [0.4, 0.5) is 5.82 Å². The topological polar surface area (TPSA) is 37.8 Å². The van der Waals surface area contributed by atoms with Crippen LogP contribution in [0.2, 0.25) is 0 Å². The second-order valence-corrected chi connectivity index (χ2v) is 5.87. The zero-order valence-electron chi connectivity index (χ0n) is 12.7. The van der Waals surface area contributed by atoms with Crippen LogP contribution in [0.3, 0.4) is 0 Å². The molecule has 3 heteroatoms. The quantitative estimate of drug-likeness (QED) is 0.868. The normalized spacial score (nSPS) is 14.3. The summed E-state index contributed by atoms with van der Waals surface area (Å²) in [6, 6.07) is 8.71. The van der Waals surface area contributed by atoms with Crippen LogP contribution in [-0.4, -0.2) is 16.5 Å². The van der Waals surface area contributed by atoms with Crippen molar-refractivity contribution in [1.29, 1.82) is 0 Å². The molecule has 0 saturated heterocycles. The molecule has 1 N–H and O–H groups in total. The van der Waals surface area contributed by atoms with Gasteiger partial charge in [-0.05, 0) is 44.6 Å². The van der Waals surface area contributed by atoms with Crippen LogP contribution in [0.5, 0.6) is 0 Å². The fourth-order valence-corrected chi connectivity index (χ4v) is 3.04. The predicted octanol–water partition coefficient (Wildman–Crippen LogP) is 3.71. The summed E-state index contributed by atoms with van der Waals surface area (Å²) in [6.45, 7) is 3.06. The number of nitrogens with zero attached hydrogens (tertiary/aromatic N) is 2. The van der Waals surface area contributed by atoms with Gasteiger partial charge in [0.2, 0.25) is 0 Å². The molecule has 0 amide bonds. The molecule has 0 spiro atoms. The van der Waals surface area contributed by atoms with Gasteiger partial charge in [-0.3, -0.25) is 0 Å². The van der Waals surface area contributed by atoms with Gasteiger partial charge in [-0.2, -0.15) is 0 Å². The van der Waals surface area contributed by atoms with Crippen LogP contribution >= 0.6 is 0 Å². The van der Waals surface area contributed by atoms with Crippen LogP contribution in [0.1, 0.15) is 41.6 Å². The third-order valence-electron chi connectivity index (χ3n) is 4.16. The molecule has 21 heavy (non-hydrogen) atoms. The van der Waals surface area contributed by atoms with E-state index in [9.17, 15) is 0 Å². The van der Waals surface area contributed by atoms with Crippen molar-refractivity contribution in [3.05, 3.63) is 53.0 Å². The lowest BCUT2D eigenvalue weighted by molar-refractivity contribution is 0.708. The number of rotatable bonds is 4. The lowest BCUT2D eigenvalue weighted by atomic mass is 10.1. The predicted molar refractivity (Wildman–Crippen MR) is 86.7 cm³/mol. The monoisotopic (exact) mass is 281 g/mol. The van der Waals surface area contributed by atoms with Gasteiger partial charge >= 0.3 is 0 Å². The van der Waals surface area contributed by atoms with Gasteiger partial charge in [-0.1, -0.05) is 36.2 Å². The lowest BCUT2D eigenvalue weighted by Crippen LogP contribution is -2.11. The SMILES string of the molecule is Cc1cccc(CCNc2ncnc3c2CCCCC3)c1. The molecule has 0 saturated carbocycles. The second kappa shape index (κ2) is 6.70. The average Bonchev–Trinajstić information content (AvgIpc) is 2.73. The highest BCUT2D eigenvalue weighted by atomic mass is 15.0. The largest absolute Gasteiger partial charge is 0.369 e. The summed E-state index contributed by atoms with van der Waals surface area (Å²) in [5.74, 6) is 1.05. The van der Waals surface area contributed by atoms with E-state index >= 15 is 0 Å². The summed E-state index contributed by atoms with van der Waals surface area (Å²) < 4.78 is 0. The van der Waals surface area contributed by atoms with Crippen molar-refractivity contribution in [3.8, 4) is 0 Å². The van der Waals surface area contributed by atoms with Crippen molar-refractivity contribution in [3.63, 3.8) is 0 Å². The number of aryl methyl sites for hydroxylation is 2. The number of aromatic nitrogens is 2. The minimum atomic E-state index is 0.924. The first kappa shape index (κ1) is 14.1. The number of hydrogen-bond donors (Lipinski definition) is 1. The number of hydrogen-bond acceptors (Lipinski definition) is 3. The Balaban J connectivity index is 1.65. The van der Waals surface area contributed by atoms with E-state index in [1.807, 2.05) is 0 Å². The number of nitrogens with one attached hydrogen (secondary N) is 1. The first-order chi connectivity index (χ1) is 10.3. The first-order valence-corrected chi connectivity index (χ1v) is 7.95. The van der Waals surface area contributed by atoms with E-state index in [0.717, 1.165) is 31.6 Å². The highest BCUT2D eigenvalue weighted by Gasteiger charge is 2.13. The Bertz CT molecular complexity index is 607. The molecular weight excluding hydrogens is 258 g/mol. The third kappa shape index (κ3) is 3.60. The van der Waals surface area contributed by atoms with Gasteiger partial charge in [-0.25, -0.2) is 9.97 Å². The minimum Gasteiger partial charge on any atom is -0.369 e. The standard InChI is InChI=1S/C18H23N3/c1-14-6-5-7-15(12-14)10-11-19-18-16-8-3-2-4-9-17(16)20-13-21-18/h5-7,12-13H,2-4,8-11H2,1H3,(H,19,20,21). The molecule has 1 heterocycles. The Morgan fingerprint density at radius 2 is 2.00 bits per heavy atom. The van der Waals surface area contributed by atoms with E-state index in [4.69, 9.17) is 0 Å². The summed E-state index contributed by atoms with van der Waals surface area (Å²) in [5.41, 5.74) is 5.30. The molecule has 1 aliphatic rings. The number of anilines is 1. The maximum Gasteiger partial charge on any atom is 0.132 e. The van der Waals surface area contributed by atoms with E-state index in [1.54, 1.807) is 6.33 Å². The molecule has 3 rings (SSSR count). The molecule has 110 valence electrons. The Morgan fingerprint density at radius 1 is 1.10 bits per heavy atom. The maximum absolute atomic E-state index is 4.47. The summed E-state index contributed by atoms with van der Waals surface area (Å²) in [6.07, 6.45) is 8.77. The van der Waals surface area contributed by atoms with E-state index in [1.165, 1.54) is 41.6 Å². The van der Waals surface area contributed by atoms with Crippen LogP contribution < -0.4 is 5.32 Å². The summed E-state index contributed by atoms with van der Waals surface area (Å²) in [4.78, 5) is 8.93. The Hall–Kier alpha value is -1.90. The van der Waals surface area contributed by atoms with Crippen molar-refractivity contribution in [2.24, 2.45) is 0 Å². The second-order valence-electron chi connectivity index (χ2n) is 5.87. The molecule has 0 atom stereocenters. The molecule has 0 bridgehead atoms. The van der Waals surface area contributed by atoms with Gasteiger partial charge in [0.25, 0.3) is 0 Å². The van der Waals surface area contributed by atoms with Crippen molar-refractivity contribution in [1.82, 2.24) is 9.97 Å². The highest BCUT2D eigenvalue weighted by Crippen LogP contribution is 2.23. The third-order valence-corrected chi connectivity index (χ3v) is 4.16. The maximum atomic E-state index is 4.47. The van der Waals surface area contributed by atoms with Crippen molar-refractivity contribution in [2.75, 3.05) is 11.9 Å². The fourth-order valence-electron chi connectivity index (χ4n) is 3.04. The summed E-state index contributed by atoms with van der Waals surface area (Å²) in [5, 5.41) is 3.52. The zero-order chi connectivity index (χ0) is 14.5. The molecule has 0 fully saturated rings. The highest BCUT2D eigenvalue weighted by molar-refractivity contribution is 5.46. The molecule has 3 nitrogen and oxygen atoms in total. The van der Waals surface area contributed by atoms with Gasteiger partial charge < -0.3 is 5.32 Å². The minimum absolute atomic E-state index is 0.924. The molecule has 0 aliphatic heterocycles. The number of benzene rings is 1.